The number of hydrogen-bond donors (Lipinski definition) is 2. The van der Waals surface area contributed by atoms with Crippen LogP contribution >= 0.6 is 0 Å². The van der Waals surface area contributed by atoms with Crippen molar-refractivity contribution in [2.24, 2.45) is 0 Å². The van der Waals surface area contributed by atoms with Gasteiger partial charge in [-0.2, -0.15) is 0 Å². The molecule has 0 aromatic rings. The number of carbonyl (C=O) groups excluding carboxylic acids is 1. The van der Waals surface area contributed by atoms with E-state index in [-0.39, 0.29) is 17.5 Å². The van der Waals surface area contributed by atoms with Gasteiger partial charge in [0.2, 0.25) is 5.91 Å². The summed E-state index contributed by atoms with van der Waals surface area (Å²) in [5.74, 6) is 0.141. The highest BCUT2D eigenvalue weighted by Gasteiger charge is 2.33. The van der Waals surface area contributed by atoms with E-state index in [2.05, 4.69) is 17.6 Å². The molecule has 0 aromatic heterocycles. The van der Waals surface area contributed by atoms with Crippen LogP contribution in [0.25, 0.3) is 0 Å². The third-order valence-corrected chi connectivity index (χ3v) is 3.27. The van der Waals surface area contributed by atoms with Crippen LogP contribution in [0.2, 0.25) is 0 Å². The zero-order valence-corrected chi connectivity index (χ0v) is 9.34. The summed E-state index contributed by atoms with van der Waals surface area (Å²) in [6.45, 7) is 4.42. The maximum absolute atomic E-state index is 11.9. The van der Waals surface area contributed by atoms with E-state index < -0.39 is 0 Å². The van der Waals surface area contributed by atoms with Gasteiger partial charge in [0, 0.05) is 6.61 Å². The fourth-order valence-corrected chi connectivity index (χ4v) is 2.23. The standard InChI is InChI=1S/C11H20N2O2/c1-11(5-7-15-8-11)13-10(14)9-4-2-3-6-12-9/h9,12H,2-8H2,1H3,(H,13,14)/t9-,11?/m0/s1. The molecule has 4 heteroatoms. The van der Waals surface area contributed by atoms with Gasteiger partial charge in [-0.15, -0.1) is 0 Å². The van der Waals surface area contributed by atoms with Gasteiger partial charge in [-0.3, -0.25) is 4.79 Å². The SMILES string of the molecule is CC1(NC(=O)[C@@H]2CCCCN2)CCOC1. The van der Waals surface area contributed by atoms with Crippen LogP contribution < -0.4 is 10.6 Å². The minimum Gasteiger partial charge on any atom is -0.379 e. The second-order valence-electron chi connectivity index (χ2n) is 4.85. The van der Waals surface area contributed by atoms with E-state index in [9.17, 15) is 4.79 Å². The highest BCUT2D eigenvalue weighted by Crippen LogP contribution is 2.18. The number of nitrogens with one attached hydrogen (secondary N) is 2. The maximum Gasteiger partial charge on any atom is 0.237 e. The van der Waals surface area contributed by atoms with Crippen LogP contribution in [0.3, 0.4) is 0 Å². The Morgan fingerprint density at radius 3 is 3.00 bits per heavy atom. The zero-order valence-electron chi connectivity index (χ0n) is 9.34. The van der Waals surface area contributed by atoms with Gasteiger partial charge in [0.15, 0.2) is 0 Å². The first-order chi connectivity index (χ1) is 7.20. The summed E-state index contributed by atoms with van der Waals surface area (Å²) in [6.07, 6.45) is 4.22. The maximum atomic E-state index is 11.9. The summed E-state index contributed by atoms with van der Waals surface area (Å²) < 4.78 is 5.31. The van der Waals surface area contributed by atoms with Crippen molar-refractivity contribution in [3.8, 4) is 0 Å². The van der Waals surface area contributed by atoms with Gasteiger partial charge in [-0.25, -0.2) is 0 Å². The van der Waals surface area contributed by atoms with Gasteiger partial charge in [0.25, 0.3) is 0 Å². The first kappa shape index (κ1) is 10.9. The summed E-state index contributed by atoms with van der Waals surface area (Å²) in [4.78, 5) is 11.9. The minimum atomic E-state index is -0.143. The number of piperidine rings is 1. The lowest BCUT2D eigenvalue weighted by Crippen LogP contribution is -2.54. The van der Waals surface area contributed by atoms with Crippen molar-refractivity contribution in [3.63, 3.8) is 0 Å². The molecule has 2 N–H and O–H groups in total. The molecule has 2 saturated heterocycles. The van der Waals surface area contributed by atoms with Crippen molar-refractivity contribution in [1.82, 2.24) is 10.6 Å². The molecule has 0 aromatic carbocycles. The number of carbonyl (C=O) groups is 1. The summed E-state index contributed by atoms with van der Waals surface area (Å²) in [5.41, 5.74) is -0.143. The molecule has 0 aliphatic carbocycles. The van der Waals surface area contributed by atoms with Crippen molar-refractivity contribution in [3.05, 3.63) is 0 Å². The number of hydrogen-bond acceptors (Lipinski definition) is 3. The van der Waals surface area contributed by atoms with Crippen molar-refractivity contribution < 1.29 is 9.53 Å². The third-order valence-electron chi connectivity index (χ3n) is 3.27. The van der Waals surface area contributed by atoms with Crippen molar-refractivity contribution in [2.45, 2.75) is 44.2 Å². The van der Waals surface area contributed by atoms with Gasteiger partial charge in [0.05, 0.1) is 18.2 Å². The molecule has 0 radical (unpaired) electrons. The number of ether oxygens (including phenoxy) is 1. The molecule has 1 unspecified atom stereocenters. The van der Waals surface area contributed by atoms with Crippen LogP contribution in [0, 0.1) is 0 Å². The lowest BCUT2D eigenvalue weighted by molar-refractivity contribution is -0.125. The van der Waals surface area contributed by atoms with E-state index >= 15 is 0 Å². The quantitative estimate of drug-likeness (QED) is 0.697. The normalized spacial score (nSPS) is 36.5. The minimum absolute atomic E-state index is 0.0103. The first-order valence-corrected chi connectivity index (χ1v) is 5.83. The van der Waals surface area contributed by atoms with Crippen molar-refractivity contribution >= 4 is 5.91 Å². The van der Waals surface area contributed by atoms with E-state index in [1.54, 1.807) is 0 Å². The topological polar surface area (TPSA) is 50.4 Å². The Morgan fingerprint density at radius 1 is 1.53 bits per heavy atom. The molecular weight excluding hydrogens is 192 g/mol. The molecule has 2 aliphatic heterocycles. The van der Waals surface area contributed by atoms with Gasteiger partial charge in [-0.1, -0.05) is 6.42 Å². The lowest BCUT2D eigenvalue weighted by Gasteiger charge is -2.29. The predicted molar refractivity (Wildman–Crippen MR) is 57.6 cm³/mol. The molecule has 2 aliphatic rings. The number of amides is 1. The Balaban J connectivity index is 1.85. The average molecular weight is 212 g/mol. The van der Waals surface area contributed by atoms with Crippen LogP contribution in [-0.2, 0) is 9.53 Å². The van der Waals surface area contributed by atoms with Crippen LogP contribution in [0.5, 0.6) is 0 Å². The highest BCUT2D eigenvalue weighted by molar-refractivity contribution is 5.82. The molecule has 86 valence electrons. The van der Waals surface area contributed by atoms with E-state index in [4.69, 9.17) is 4.74 Å². The van der Waals surface area contributed by atoms with Gasteiger partial charge in [-0.05, 0) is 32.7 Å². The molecule has 2 rings (SSSR count). The lowest BCUT2D eigenvalue weighted by atomic mass is 9.99. The van der Waals surface area contributed by atoms with Crippen LogP contribution in [0.15, 0.2) is 0 Å². The summed E-state index contributed by atoms with van der Waals surface area (Å²) >= 11 is 0. The number of rotatable bonds is 2. The molecule has 2 atom stereocenters. The monoisotopic (exact) mass is 212 g/mol. The molecule has 0 saturated carbocycles. The smallest absolute Gasteiger partial charge is 0.237 e. The first-order valence-electron chi connectivity index (χ1n) is 5.83. The van der Waals surface area contributed by atoms with E-state index in [1.807, 2.05) is 0 Å². The Bertz CT molecular complexity index is 231. The second-order valence-corrected chi connectivity index (χ2v) is 4.85. The van der Waals surface area contributed by atoms with Gasteiger partial charge >= 0.3 is 0 Å². The zero-order chi connectivity index (χ0) is 10.7. The van der Waals surface area contributed by atoms with Crippen LogP contribution in [-0.4, -0.2) is 37.2 Å². The Labute approximate surface area is 90.8 Å². The summed E-state index contributed by atoms with van der Waals surface area (Å²) in [5, 5.41) is 6.36. The van der Waals surface area contributed by atoms with Crippen LogP contribution in [0.1, 0.15) is 32.6 Å². The molecule has 0 spiro atoms. The van der Waals surface area contributed by atoms with Crippen molar-refractivity contribution in [1.29, 1.82) is 0 Å². The van der Waals surface area contributed by atoms with E-state index in [1.165, 1.54) is 6.42 Å². The van der Waals surface area contributed by atoms with E-state index in [0.29, 0.717) is 6.61 Å². The fraction of sp³-hybridized carbons (Fsp3) is 0.909. The molecule has 2 heterocycles. The predicted octanol–water partition coefficient (Wildman–Crippen LogP) is 0.424. The van der Waals surface area contributed by atoms with Crippen LogP contribution in [0.4, 0.5) is 0 Å². The summed E-state index contributed by atoms with van der Waals surface area (Å²) in [6, 6.07) is 0.0103. The molecule has 2 fully saturated rings. The average Bonchev–Trinajstić information content (AvgIpc) is 2.66. The largest absolute Gasteiger partial charge is 0.379 e. The Kier molecular flexibility index (Phi) is 3.26. The fourth-order valence-electron chi connectivity index (χ4n) is 2.23. The summed E-state index contributed by atoms with van der Waals surface area (Å²) in [7, 11) is 0. The van der Waals surface area contributed by atoms with Gasteiger partial charge in [0.1, 0.15) is 0 Å². The third kappa shape index (κ3) is 2.69. The van der Waals surface area contributed by atoms with Gasteiger partial charge < -0.3 is 15.4 Å². The Hall–Kier alpha value is -0.610. The second kappa shape index (κ2) is 4.49. The highest BCUT2D eigenvalue weighted by atomic mass is 16.5. The molecule has 1 amide bonds. The molecular formula is C11H20N2O2. The molecule has 15 heavy (non-hydrogen) atoms. The molecule has 0 bridgehead atoms. The van der Waals surface area contributed by atoms with Crippen molar-refractivity contribution in [2.75, 3.05) is 19.8 Å². The Morgan fingerprint density at radius 2 is 2.40 bits per heavy atom. The molecule has 4 nitrogen and oxygen atoms in total. The van der Waals surface area contributed by atoms with E-state index in [0.717, 1.165) is 32.4 Å².